The highest BCUT2D eigenvalue weighted by Crippen LogP contribution is 2.13. The van der Waals surface area contributed by atoms with Crippen molar-refractivity contribution in [1.29, 1.82) is 0 Å². The number of benzene rings is 3. The minimum absolute atomic E-state index is 0.00623. The molecule has 3 rings (SSSR count). The van der Waals surface area contributed by atoms with Gasteiger partial charge in [-0.15, -0.1) is 0 Å². The number of aliphatic carboxylic acids is 1. The molecule has 0 radical (unpaired) electrons. The van der Waals surface area contributed by atoms with E-state index in [1.54, 1.807) is 42.5 Å². The predicted octanol–water partition coefficient (Wildman–Crippen LogP) is -2.40. The van der Waals surface area contributed by atoms with Gasteiger partial charge in [-0.05, 0) is 61.2 Å². The van der Waals surface area contributed by atoms with Crippen molar-refractivity contribution in [2.75, 3.05) is 0 Å². The molecule has 0 fully saturated rings. The first kappa shape index (κ1) is 45.8. The number of carboxylic acid groups (broad SMARTS) is 1. The van der Waals surface area contributed by atoms with E-state index in [4.69, 9.17) is 11.5 Å². The molecule has 0 aliphatic carbocycles. The van der Waals surface area contributed by atoms with Crippen LogP contribution in [0, 0.1) is 0 Å². The van der Waals surface area contributed by atoms with Crippen molar-refractivity contribution in [1.82, 2.24) is 26.6 Å². The molecule has 0 spiro atoms. The Hall–Kier alpha value is -6.57. The maximum atomic E-state index is 13.8. The van der Waals surface area contributed by atoms with Gasteiger partial charge < -0.3 is 63.6 Å². The van der Waals surface area contributed by atoms with Gasteiger partial charge in [0.25, 0.3) is 0 Å². The van der Waals surface area contributed by atoms with Crippen LogP contribution in [0.1, 0.15) is 37.0 Å². The molecule has 8 atom stereocenters. The maximum Gasteiger partial charge on any atom is 0.326 e. The van der Waals surface area contributed by atoms with Gasteiger partial charge in [0.1, 0.15) is 41.7 Å². The van der Waals surface area contributed by atoms with Gasteiger partial charge in [-0.2, -0.15) is 0 Å². The van der Waals surface area contributed by atoms with Crippen molar-refractivity contribution in [2.45, 2.75) is 88.0 Å². The number of amides is 6. The minimum atomic E-state index is -1.82. The Morgan fingerprint density at radius 1 is 0.534 bits per heavy atom. The first-order chi connectivity index (χ1) is 27.3. The van der Waals surface area contributed by atoms with E-state index in [9.17, 15) is 59.1 Å². The Balaban J connectivity index is 1.79. The summed E-state index contributed by atoms with van der Waals surface area (Å²) in [5.41, 5.74) is 12.9. The van der Waals surface area contributed by atoms with Gasteiger partial charge in [0.05, 0.1) is 24.7 Å². The zero-order valence-electron chi connectivity index (χ0n) is 31.7. The van der Waals surface area contributed by atoms with E-state index in [1.165, 1.54) is 43.3 Å². The van der Waals surface area contributed by atoms with Gasteiger partial charge in [0.2, 0.25) is 35.4 Å². The van der Waals surface area contributed by atoms with Crippen LogP contribution in [0.4, 0.5) is 0 Å². The number of aliphatic hydroxyl groups is 2. The number of aromatic hydroxyl groups is 2. The number of carbonyl (C=O) groups excluding carboxylic acids is 6. The van der Waals surface area contributed by atoms with E-state index in [2.05, 4.69) is 26.6 Å². The lowest BCUT2D eigenvalue weighted by Crippen LogP contribution is -2.62. The molecule has 0 saturated heterocycles. The number of rotatable bonds is 21. The van der Waals surface area contributed by atoms with Gasteiger partial charge >= 0.3 is 5.97 Å². The second-order valence-electron chi connectivity index (χ2n) is 13.7. The Morgan fingerprint density at radius 2 is 0.931 bits per heavy atom. The number of aliphatic hydroxyl groups excluding tert-OH is 2. The average Bonchev–Trinajstić information content (AvgIpc) is 3.16. The number of carboxylic acids is 1. The monoisotopic (exact) mass is 807 g/mol. The molecule has 0 unspecified atom stereocenters. The number of phenols is 2. The van der Waals surface area contributed by atoms with Gasteiger partial charge in [-0.1, -0.05) is 54.6 Å². The van der Waals surface area contributed by atoms with Crippen LogP contribution in [0.15, 0.2) is 78.9 Å². The molecule has 6 amide bonds. The fraction of sp³-hybridized carbons (Fsp3) is 0.359. The summed E-state index contributed by atoms with van der Waals surface area (Å²) in [5.74, 6) is -7.74. The number of hydrogen-bond acceptors (Lipinski definition) is 12. The van der Waals surface area contributed by atoms with E-state index in [-0.39, 0.29) is 30.8 Å². The number of hydrogen-bond donors (Lipinski definition) is 12. The van der Waals surface area contributed by atoms with Crippen molar-refractivity contribution in [3.8, 4) is 11.5 Å². The van der Waals surface area contributed by atoms with Gasteiger partial charge in [0.15, 0.2) is 0 Å². The first-order valence-electron chi connectivity index (χ1n) is 18.1. The normalized spacial score (nSPS) is 15.1. The summed E-state index contributed by atoms with van der Waals surface area (Å²) in [6.07, 6.45) is -4.35. The summed E-state index contributed by atoms with van der Waals surface area (Å²) in [7, 11) is 0. The second-order valence-corrected chi connectivity index (χ2v) is 13.7. The third kappa shape index (κ3) is 14.5. The van der Waals surface area contributed by atoms with Gasteiger partial charge in [-0.3, -0.25) is 28.8 Å². The van der Waals surface area contributed by atoms with Crippen LogP contribution in [0.3, 0.4) is 0 Å². The van der Waals surface area contributed by atoms with Gasteiger partial charge in [0, 0.05) is 12.8 Å². The van der Waals surface area contributed by atoms with Crippen molar-refractivity contribution in [3.05, 3.63) is 95.6 Å². The molecule has 3 aromatic carbocycles. The summed E-state index contributed by atoms with van der Waals surface area (Å²) >= 11 is 0. The Labute approximate surface area is 333 Å². The summed E-state index contributed by atoms with van der Waals surface area (Å²) in [4.78, 5) is 91.1. The molecule has 0 aromatic heterocycles. The topological polar surface area (TPSA) is 333 Å². The average molecular weight is 808 g/mol. The van der Waals surface area contributed by atoms with Crippen LogP contribution >= 0.6 is 0 Å². The van der Waals surface area contributed by atoms with Crippen molar-refractivity contribution >= 4 is 41.4 Å². The van der Waals surface area contributed by atoms with E-state index < -0.39 is 96.3 Å². The standard InChI is InChI=1S/C39H49N7O12/c1-20(47)32(45-34(52)27(40)16-23-8-12-25(49)13-9-23)37(55)42-28(17-22-6-4-3-5-7-22)36(54)46-33(21(2)48)38(56)43-29(19-31(41)51)35(53)44-30(39(57)58)18-24-10-14-26(50)15-11-24/h3-15,20-21,27-30,32-33,47-50H,16-19,40H2,1-2H3,(H2,41,51)(H,42,55)(H,43,56)(H,44,53)(H,45,52)(H,46,54)(H,57,58)/t20-,21-,27+,28+,29+,30+,32+,33+/m1/s1. The zero-order valence-corrected chi connectivity index (χ0v) is 31.7. The molecule has 19 heteroatoms. The molecular formula is C39H49N7O12. The molecule has 312 valence electrons. The van der Waals surface area contributed by atoms with Crippen LogP contribution in [0.5, 0.6) is 11.5 Å². The van der Waals surface area contributed by atoms with Crippen molar-refractivity contribution in [3.63, 3.8) is 0 Å². The lowest BCUT2D eigenvalue weighted by atomic mass is 10.0. The quantitative estimate of drug-likeness (QED) is 0.0535. The molecule has 14 N–H and O–H groups in total. The van der Waals surface area contributed by atoms with Crippen molar-refractivity contribution < 1.29 is 59.1 Å². The molecule has 0 aliphatic rings. The van der Waals surface area contributed by atoms with E-state index in [0.29, 0.717) is 16.7 Å². The van der Waals surface area contributed by atoms with E-state index in [0.717, 1.165) is 6.92 Å². The number of primary amides is 1. The summed E-state index contributed by atoms with van der Waals surface area (Å²) in [6.45, 7) is 2.36. The number of phenolic OH excluding ortho intramolecular Hbond substituents is 2. The molecule has 58 heavy (non-hydrogen) atoms. The highest BCUT2D eigenvalue weighted by molar-refractivity contribution is 5.98. The molecule has 0 aliphatic heterocycles. The fourth-order valence-corrected chi connectivity index (χ4v) is 5.64. The molecule has 19 nitrogen and oxygen atoms in total. The summed E-state index contributed by atoms with van der Waals surface area (Å²) < 4.78 is 0. The number of carbonyl (C=O) groups is 7. The molecular weight excluding hydrogens is 758 g/mol. The minimum Gasteiger partial charge on any atom is -0.508 e. The first-order valence-corrected chi connectivity index (χ1v) is 18.1. The van der Waals surface area contributed by atoms with Crippen LogP contribution in [-0.2, 0) is 52.8 Å². The van der Waals surface area contributed by atoms with Crippen LogP contribution in [0.2, 0.25) is 0 Å². The fourth-order valence-electron chi connectivity index (χ4n) is 5.64. The maximum absolute atomic E-state index is 13.8. The number of nitrogens with two attached hydrogens (primary N) is 2. The smallest absolute Gasteiger partial charge is 0.326 e. The Kier molecular flexibility index (Phi) is 17.1. The van der Waals surface area contributed by atoms with Crippen LogP contribution in [0.25, 0.3) is 0 Å². The van der Waals surface area contributed by atoms with Gasteiger partial charge in [-0.25, -0.2) is 4.79 Å². The zero-order chi connectivity index (χ0) is 43.1. The third-order valence-corrected chi connectivity index (χ3v) is 8.80. The van der Waals surface area contributed by atoms with E-state index >= 15 is 0 Å². The summed E-state index contributed by atoms with van der Waals surface area (Å²) in [5, 5.41) is 61.5. The lowest BCUT2D eigenvalue weighted by molar-refractivity contribution is -0.142. The highest BCUT2D eigenvalue weighted by Gasteiger charge is 2.36. The number of nitrogens with one attached hydrogen (secondary N) is 5. The van der Waals surface area contributed by atoms with Crippen LogP contribution < -0.4 is 38.1 Å². The van der Waals surface area contributed by atoms with Crippen molar-refractivity contribution in [2.24, 2.45) is 11.5 Å². The highest BCUT2D eigenvalue weighted by atomic mass is 16.4. The summed E-state index contributed by atoms with van der Waals surface area (Å²) in [6, 6.07) is 10.3. The Morgan fingerprint density at radius 3 is 1.40 bits per heavy atom. The third-order valence-electron chi connectivity index (χ3n) is 8.80. The second kappa shape index (κ2) is 21.7. The molecule has 3 aromatic rings. The SMILES string of the molecule is C[C@@H](O)[C@H](NC(=O)[C@H](Cc1ccccc1)NC(=O)[C@@H](NC(=O)[C@@H](N)Cc1ccc(O)cc1)[C@@H](C)O)C(=O)N[C@@H](CC(N)=O)C(=O)N[C@@H](Cc1ccc(O)cc1)C(=O)O. The Bertz CT molecular complexity index is 1890. The largest absolute Gasteiger partial charge is 0.508 e. The molecule has 0 bridgehead atoms. The molecule has 0 saturated carbocycles. The lowest BCUT2D eigenvalue weighted by Gasteiger charge is -2.28. The molecule has 0 heterocycles. The predicted molar refractivity (Wildman–Crippen MR) is 206 cm³/mol. The van der Waals surface area contributed by atoms with E-state index in [1.807, 2.05) is 0 Å². The van der Waals surface area contributed by atoms with Crippen LogP contribution in [-0.4, -0.2) is 115 Å².